The Kier molecular flexibility index (Phi) is 5.00. The lowest BCUT2D eigenvalue weighted by atomic mass is 10.1. The van der Waals surface area contributed by atoms with Gasteiger partial charge in [-0.15, -0.1) is 11.3 Å². The van der Waals surface area contributed by atoms with E-state index in [-0.39, 0.29) is 0 Å². The van der Waals surface area contributed by atoms with E-state index in [2.05, 4.69) is 11.6 Å². The monoisotopic (exact) mass is 302 g/mol. The Morgan fingerprint density at radius 3 is 2.84 bits per heavy atom. The molecule has 4 nitrogen and oxygen atoms in total. The maximum absolute atomic E-state index is 12.2. The first-order valence-electron chi connectivity index (χ1n) is 6.79. The van der Waals surface area contributed by atoms with Crippen LogP contribution < -0.4 is 10.5 Å². The molecular formula is C13H22N2O2S2. The summed E-state index contributed by atoms with van der Waals surface area (Å²) in [5.41, 5.74) is 5.47. The Morgan fingerprint density at radius 1 is 1.42 bits per heavy atom. The lowest BCUT2D eigenvalue weighted by molar-refractivity contribution is 0.499. The number of thiophene rings is 1. The zero-order chi connectivity index (χ0) is 13.9. The SMILES string of the molecule is CC1CCC(CNS(=O)(=O)c2ccc(CCN)s2)C1. The fourth-order valence-electron chi connectivity index (χ4n) is 2.59. The largest absolute Gasteiger partial charge is 0.330 e. The molecule has 0 amide bonds. The summed E-state index contributed by atoms with van der Waals surface area (Å²) in [6.07, 6.45) is 4.21. The highest BCUT2D eigenvalue weighted by Gasteiger charge is 2.24. The predicted molar refractivity (Wildman–Crippen MR) is 78.8 cm³/mol. The molecule has 0 aromatic carbocycles. The van der Waals surface area contributed by atoms with Gasteiger partial charge in [-0.05, 0) is 49.8 Å². The Balaban J connectivity index is 1.93. The lowest BCUT2D eigenvalue weighted by Gasteiger charge is -2.10. The first-order chi connectivity index (χ1) is 9.01. The van der Waals surface area contributed by atoms with E-state index in [0.29, 0.717) is 23.2 Å². The highest BCUT2D eigenvalue weighted by molar-refractivity contribution is 7.91. The van der Waals surface area contributed by atoms with Crippen LogP contribution in [0.25, 0.3) is 0 Å². The van der Waals surface area contributed by atoms with Crippen molar-refractivity contribution in [2.24, 2.45) is 17.6 Å². The molecule has 2 atom stereocenters. The van der Waals surface area contributed by atoms with E-state index in [1.807, 2.05) is 6.07 Å². The van der Waals surface area contributed by atoms with Gasteiger partial charge in [-0.25, -0.2) is 13.1 Å². The molecule has 1 aliphatic rings. The van der Waals surface area contributed by atoms with Gasteiger partial charge < -0.3 is 5.73 Å². The summed E-state index contributed by atoms with van der Waals surface area (Å²) < 4.78 is 27.5. The second kappa shape index (κ2) is 6.35. The Bertz CT molecular complexity index is 510. The number of rotatable bonds is 6. The van der Waals surface area contributed by atoms with Crippen molar-refractivity contribution < 1.29 is 8.42 Å². The second-order valence-corrected chi connectivity index (χ2v) is 8.56. The minimum Gasteiger partial charge on any atom is -0.330 e. The summed E-state index contributed by atoms with van der Waals surface area (Å²) in [5.74, 6) is 1.22. The van der Waals surface area contributed by atoms with Gasteiger partial charge in [-0.1, -0.05) is 13.3 Å². The van der Waals surface area contributed by atoms with Crippen molar-refractivity contribution in [3.8, 4) is 0 Å². The molecule has 1 aromatic rings. The van der Waals surface area contributed by atoms with Crippen LogP contribution in [-0.4, -0.2) is 21.5 Å². The molecule has 0 radical (unpaired) electrons. The van der Waals surface area contributed by atoms with Crippen LogP contribution in [0.1, 0.15) is 31.1 Å². The maximum Gasteiger partial charge on any atom is 0.250 e. The summed E-state index contributed by atoms with van der Waals surface area (Å²) in [6, 6.07) is 3.53. The third-order valence-electron chi connectivity index (χ3n) is 3.66. The molecule has 0 bridgehead atoms. The summed E-state index contributed by atoms with van der Waals surface area (Å²) >= 11 is 1.32. The van der Waals surface area contributed by atoms with Crippen molar-refractivity contribution in [3.05, 3.63) is 17.0 Å². The quantitative estimate of drug-likeness (QED) is 0.844. The van der Waals surface area contributed by atoms with Crippen LogP contribution in [0.5, 0.6) is 0 Å². The molecule has 3 N–H and O–H groups in total. The molecule has 1 aliphatic carbocycles. The summed E-state index contributed by atoms with van der Waals surface area (Å²) in [4.78, 5) is 1.03. The van der Waals surface area contributed by atoms with Crippen LogP contribution in [0, 0.1) is 11.8 Å². The van der Waals surface area contributed by atoms with E-state index in [4.69, 9.17) is 5.73 Å². The number of hydrogen-bond acceptors (Lipinski definition) is 4. The maximum atomic E-state index is 12.2. The van der Waals surface area contributed by atoms with E-state index in [9.17, 15) is 8.42 Å². The van der Waals surface area contributed by atoms with Crippen molar-refractivity contribution in [1.29, 1.82) is 0 Å². The molecule has 108 valence electrons. The molecule has 2 unspecified atom stereocenters. The zero-order valence-electron chi connectivity index (χ0n) is 11.3. The van der Waals surface area contributed by atoms with Gasteiger partial charge in [0.1, 0.15) is 4.21 Å². The lowest BCUT2D eigenvalue weighted by Crippen LogP contribution is -2.28. The van der Waals surface area contributed by atoms with Crippen LogP contribution in [-0.2, 0) is 16.4 Å². The molecule has 1 fully saturated rings. The van der Waals surface area contributed by atoms with Gasteiger partial charge in [0.05, 0.1) is 0 Å². The first kappa shape index (κ1) is 15.0. The zero-order valence-corrected chi connectivity index (χ0v) is 12.9. The summed E-state index contributed by atoms with van der Waals surface area (Å²) in [7, 11) is -3.34. The average molecular weight is 302 g/mol. The molecule has 1 heterocycles. The van der Waals surface area contributed by atoms with Crippen LogP contribution in [0.4, 0.5) is 0 Å². The normalized spacial score (nSPS) is 23.9. The van der Waals surface area contributed by atoms with Crippen molar-refractivity contribution in [2.75, 3.05) is 13.1 Å². The van der Waals surface area contributed by atoms with Crippen molar-refractivity contribution in [3.63, 3.8) is 0 Å². The molecule has 0 aliphatic heterocycles. The number of nitrogens with two attached hydrogens (primary N) is 1. The third-order valence-corrected chi connectivity index (χ3v) is 6.72. The van der Waals surface area contributed by atoms with E-state index in [1.165, 1.54) is 17.8 Å². The van der Waals surface area contributed by atoms with Crippen molar-refractivity contribution in [2.45, 2.75) is 36.8 Å². The topological polar surface area (TPSA) is 72.2 Å². The molecule has 6 heteroatoms. The minimum absolute atomic E-state index is 0.405. The minimum atomic E-state index is -3.34. The van der Waals surface area contributed by atoms with E-state index < -0.39 is 10.0 Å². The molecule has 0 spiro atoms. The van der Waals surface area contributed by atoms with E-state index in [0.717, 1.165) is 30.1 Å². The van der Waals surface area contributed by atoms with Gasteiger partial charge in [0, 0.05) is 11.4 Å². The van der Waals surface area contributed by atoms with Gasteiger partial charge in [-0.3, -0.25) is 0 Å². The average Bonchev–Trinajstić information content (AvgIpc) is 2.97. The Hall–Kier alpha value is -0.430. The van der Waals surface area contributed by atoms with Gasteiger partial charge in [-0.2, -0.15) is 0 Å². The molecular weight excluding hydrogens is 280 g/mol. The first-order valence-corrected chi connectivity index (χ1v) is 9.09. The van der Waals surface area contributed by atoms with Crippen LogP contribution in [0.15, 0.2) is 16.3 Å². The van der Waals surface area contributed by atoms with Gasteiger partial charge in [0.15, 0.2) is 0 Å². The predicted octanol–water partition coefficient (Wildman–Crippen LogP) is 1.96. The Labute approximate surface area is 119 Å². The standard InChI is InChI=1S/C13H22N2O2S2/c1-10-2-3-11(8-10)9-15-19(16,17)13-5-4-12(18-13)6-7-14/h4-5,10-11,15H,2-3,6-9,14H2,1H3. The second-order valence-electron chi connectivity index (χ2n) is 5.40. The number of nitrogens with one attached hydrogen (secondary N) is 1. The molecule has 2 rings (SSSR count). The van der Waals surface area contributed by atoms with Crippen LogP contribution in [0.3, 0.4) is 0 Å². The molecule has 1 aromatic heterocycles. The van der Waals surface area contributed by atoms with Crippen LogP contribution in [0.2, 0.25) is 0 Å². The van der Waals surface area contributed by atoms with E-state index in [1.54, 1.807) is 6.07 Å². The molecule has 19 heavy (non-hydrogen) atoms. The smallest absolute Gasteiger partial charge is 0.250 e. The van der Waals surface area contributed by atoms with Crippen molar-refractivity contribution >= 4 is 21.4 Å². The Morgan fingerprint density at radius 2 is 2.21 bits per heavy atom. The fourth-order valence-corrected chi connectivity index (χ4v) is 5.12. The summed E-state index contributed by atoms with van der Waals surface area (Å²) in [6.45, 7) is 3.34. The van der Waals surface area contributed by atoms with Crippen LogP contribution >= 0.6 is 11.3 Å². The van der Waals surface area contributed by atoms with Crippen molar-refractivity contribution in [1.82, 2.24) is 4.72 Å². The molecule has 0 saturated heterocycles. The fraction of sp³-hybridized carbons (Fsp3) is 0.692. The number of sulfonamides is 1. The summed E-state index contributed by atoms with van der Waals surface area (Å²) in [5, 5.41) is 0. The van der Waals surface area contributed by atoms with Gasteiger partial charge in [0.25, 0.3) is 0 Å². The van der Waals surface area contributed by atoms with Gasteiger partial charge >= 0.3 is 0 Å². The highest BCUT2D eigenvalue weighted by Crippen LogP contribution is 2.30. The van der Waals surface area contributed by atoms with Gasteiger partial charge in [0.2, 0.25) is 10.0 Å². The third kappa shape index (κ3) is 4.02. The highest BCUT2D eigenvalue weighted by atomic mass is 32.2. The van der Waals surface area contributed by atoms with E-state index >= 15 is 0 Å². The molecule has 1 saturated carbocycles. The number of hydrogen-bond donors (Lipinski definition) is 2.